The maximum atomic E-state index is 11.1. The first kappa shape index (κ1) is 12.8. The van der Waals surface area contributed by atoms with E-state index in [1.165, 1.54) is 0 Å². The van der Waals surface area contributed by atoms with Crippen LogP contribution < -0.4 is 11.5 Å². The van der Waals surface area contributed by atoms with Gasteiger partial charge in [-0.2, -0.15) is 8.42 Å². The van der Waals surface area contributed by atoms with Gasteiger partial charge in [0, 0.05) is 0 Å². The van der Waals surface area contributed by atoms with Crippen LogP contribution in [0.2, 0.25) is 0 Å². The van der Waals surface area contributed by atoms with Crippen LogP contribution in [0.5, 0.6) is 0 Å². The lowest BCUT2D eigenvalue weighted by Gasteiger charge is -2.22. The molecule has 0 aliphatic rings. The van der Waals surface area contributed by atoms with Gasteiger partial charge in [0.05, 0.1) is 7.11 Å². The van der Waals surface area contributed by atoms with E-state index < -0.39 is 15.1 Å². The smallest absolute Gasteiger partial charge is 0.299 e. The van der Waals surface area contributed by atoms with Gasteiger partial charge in [0.1, 0.15) is 0 Å². The van der Waals surface area contributed by atoms with E-state index in [1.54, 1.807) is 0 Å². The molecule has 4 N–H and O–H groups in total. The van der Waals surface area contributed by atoms with Crippen molar-refractivity contribution in [2.45, 2.75) is 37.6 Å². The van der Waals surface area contributed by atoms with Gasteiger partial charge in [-0.1, -0.05) is 19.8 Å². The second-order valence-electron chi connectivity index (χ2n) is 3.03. The van der Waals surface area contributed by atoms with Gasteiger partial charge in [-0.05, 0) is 12.8 Å². The SMILES string of the molecule is CCCCCC(N)(N)S(=O)(=O)OC. The van der Waals surface area contributed by atoms with Crippen LogP contribution in [0, 0.1) is 0 Å². The topological polar surface area (TPSA) is 95.4 Å². The molecule has 6 heteroatoms. The molecular weight excluding hydrogens is 192 g/mol. The molecule has 0 saturated carbocycles. The quantitative estimate of drug-likeness (QED) is 0.368. The van der Waals surface area contributed by atoms with Crippen LogP contribution in [0.15, 0.2) is 0 Å². The van der Waals surface area contributed by atoms with Crippen molar-refractivity contribution in [3.63, 3.8) is 0 Å². The minimum atomic E-state index is -3.82. The van der Waals surface area contributed by atoms with E-state index in [0.29, 0.717) is 6.42 Å². The van der Waals surface area contributed by atoms with Gasteiger partial charge in [-0.25, -0.2) is 0 Å². The minimum Gasteiger partial charge on any atom is -0.299 e. The zero-order valence-electron chi connectivity index (χ0n) is 8.12. The van der Waals surface area contributed by atoms with Gasteiger partial charge < -0.3 is 0 Å². The largest absolute Gasteiger partial charge is 0.299 e. The third kappa shape index (κ3) is 3.60. The predicted molar refractivity (Wildman–Crippen MR) is 51.2 cm³/mol. The highest BCUT2D eigenvalue weighted by Gasteiger charge is 2.35. The van der Waals surface area contributed by atoms with Crippen LogP contribution in [-0.2, 0) is 14.3 Å². The first-order valence-corrected chi connectivity index (χ1v) is 5.66. The molecule has 0 aliphatic carbocycles. The number of rotatable bonds is 6. The first-order valence-electron chi connectivity index (χ1n) is 4.25. The second kappa shape index (κ2) is 4.90. The number of hydrogen-bond donors (Lipinski definition) is 2. The Balaban J connectivity index is 4.23. The summed E-state index contributed by atoms with van der Waals surface area (Å²) in [5.41, 5.74) is 10.8. The molecule has 0 atom stereocenters. The van der Waals surface area contributed by atoms with E-state index in [4.69, 9.17) is 11.5 Å². The molecule has 5 nitrogen and oxygen atoms in total. The average Bonchev–Trinajstić information content (AvgIpc) is 2.04. The van der Waals surface area contributed by atoms with E-state index in [0.717, 1.165) is 20.0 Å². The van der Waals surface area contributed by atoms with E-state index in [1.807, 2.05) is 6.92 Å². The number of nitrogens with two attached hydrogens (primary N) is 2. The van der Waals surface area contributed by atoms with Crippen molar-refractivity contribution in [3.8, 4) is 0 Å². The molecule has 0 bridgehead atoms. The van der Waals surface area contributed by atoms with Crippen molar-refractivity contribution in [1.82, 2.24) is 0 Å². The molecule has 0 radical (unpaired) electrons. The zero-order valence-corrected chi connectivity index (χ0v) is 8.93. The maximum absolute atomic E-state index is 11.1. The van der Waals surface area contributed by atoms with E-state index >= 15 is 0 Å². The highest BCUT2D eigenvalue weighted by atomic mass is 32.2. The molecular formula is C7H18N2O3S. The van der Waals surface area contributed by atoms with Crippen molar-refractivity contribution in [1.29, 1.82) is 0 Å². The Morgan fingerprint density at radius 2 is 1.85 bits per heavy atom. The Morgan fingerprint density at radius 1 is 1.31 bits per heavy atom. The number of hydrogen-bond acceptors (Lipinski definition) is 5. The van der Waals surface area contributed by atoms with Crippen LogP contribution >= 0.6 is 0 Å². The summed E-state index contributed by atoms with van der Waals surface area (Å²) in [6.07, 6.45) is 2.81. The third-order valence-corrected chi connectivity index (χ3v) is 3.43. The molecule has 0 unspecified atom stereocenters. The zero-order chi connectivity index (χ0) is 10.5. The Morgan fingerprint density at radius 3 is 2.23 bits per heavy atom. The molecule has 0 saturated heterocycles. The van der Waals surface area contributed by atoms with Crippen LogP contribution in [0.25, 0.3) is 0 Å². The molecule has 0 rings (SSSR count). The van der Waals surface area contributed by atoms with E-state index in [9.17, 15) is 8.42 Å². The highest BCUT2D eigenvalue weighted by molar-refractivity contribution is 7.88. The van der Waals surface area contributed by atoms with Crippen molar-refractivity contribution >= 4 is 10.1 Å². The lowest BCUT2D eigenvalue weighted by atomic mass is 10.2. The molecule has 13 heavy (non-hydrogen) atoms. The van der Waals surface area contributed by atoms with Gasteiger partial charge in [0.2, 0.25) is 0 Å². The Hall–Kier alpha value is -0.170. The molecule has 0 aromatic heterocycles. The maximum Gasteiger partial charge on any atom is 0.299 e. The monoisotopic (exact) mass is 210 g/mol. The van der Waals surface area contributed by atoms with Crippen LogP contribution in [0.1, 0.15) is 32.6 Å². The summed E-state index contributed by atoms with van der Waals surface area (Å²) < 4.78 is 26.5. The van der Waals surface area contributed by atoms with Crippen LogP contribution in [0.4, 0.5) is 0 Å². The fraction of sp³-hybridized carbons (Fsp3) is 1.00. The Labute approximate surface area is 79.6 Å². The van der Waals surface area contributed by atoms with E-state index in [2.05, 4.69) is 4.18 Å². The van der Waals surface area contributed by atoms with Gasteiger partial charge >= 0.3 is 0 Å². The fourth-order valence-electron chi connectivity index (χ4n) is 0.931. The van der Waals surface area contributed by atoms with Gasteiger partial charge in [-0.15, -0.1) is 0 Å². The Kier molecular flexibility index (Phi) is 4.83. The summed E-state index contributed by atoms with van der Waals surface area (Å²) in [5, 5.41) is 0. The molecule has 0 aromatic carbocycles. The molecule has 0 aromatic rings. The summed E-state index contributed by atoms with van der Waals surface area (Å²) in [6.45, 7) is 2.01. The molecule has 0 fully saturated rings. The van der Waals surface area contributed by atoms with Crippen molar-refractivity contribution in [3.05, 3.63) is 0 Å². The summed E-state index contributed by atoms with van der Waals surface area (Å²) in [7, 11) is -2.76. The average molecular weight is 210 g/mol. The standard InChI is InChI=1S/C7H18N2O3S/c1-3-4-5-6-7(8,9)13(10,11)12-2/h3-6,8-9H2,1-2H3. The fourth-order valence-corrected chi connectivity index (χ4v) is 1.64. The van der Waals surface area contributed by atoms with Gasteiger partial charge in [0.25, 0.3) is 10.1 Å². The molecule has 0 amide bonds. The number of unbranched alkanes of at least 4 members (excludes halogenated alkanes) is 2. The van der Waals surface area contributed by atoms with E-state index in [-0.39, 0.29) is 6.42 Å². The molecule has 0 aliphatic heterocycles. The summed E-state index contributed by atoms with van der Waals surface area (Å²) in [6, 6.07) is 0. The summed E-state index contributed by atoms with van der Waals surface area (Å²) in [5.74, 6) is 0. The van der Waals surface area contributed by atoms with Gasteiger partial charge in [-0.3, -0.25) is 15.7 Å². The lowest BCUT2D eigenvalue weighted by molar-refractivity contribution is 0.352. The molecule has 0 heterocycles. The van der Waals surface area contributed by atoms with Crippen molar-refractivity contribution < 1.29 is 12.6 Å². The van der Waals surface area contributed by atoms with Crippen molar-refractivity contribution in [2.24, 2.45) is 11.5 Å². The highest BCUT2D eigenvalue weighted by Crippen LogP contribution is 2.14. The molecule has 0 spiro atoms. The predicted octanol–water partition coefficient (Wildman–Crippen LogP) is 0.114. The lowest BCUT2D eigenvalue weighted by Crippen LogP contribution is -2.56. The van der Waals surface area contributed by atoms with Gasteiger partial charge in [0.15, 0.2) is 4.99 Å². The summed E-state index contributed by atoms with van der Waals surface area (Å²) >= 11 is 0. The van der Waals surface area contributed by atoms with Crippen LogP contribution in [-0.4, -0.2) is 20.5 Å². The first-order chi connectivity index (χ1) is 5.87. The van der Waals surface area contributed by atoms with Crippen molar-refractivity contribution in [2.75, 3.05) is 7.11 Å². The molecule has 80 valence electrons. The summed E-state index contributed by atoms with van der Waals surface area (Å²) in [4.78, 5) is -1.75. The normalized spacial score (nSPS) is 13.2. The minimum absolute atomic E-state index is 0.219. The van der Waals surface area contributed by atoms with Crippen LogP contribution in [0.3, 0.4) is 0 Å². The third-order valence-electron chi connectivity index (χ3n) is 1.86. The second-order valence-corrected chi connectivity index (χ2v) is 5.03. The Bertz CT molecular complexity index is 236.